The molecule has 144 valence electrons. The molecule has 0 amide bonds. The van der Waals surface area contributed by atoms with Gasteiger partial charge in [0.05, 0.1) is 0 Å². The van der Waals surface area contributed by atoms with Crippen LogP contribution in [0, 0.1) is 5.92 Å². The van der Waals surface area contributed by atoms with Gasteiger partial charge in [-0.3, -0.25) is 0 Å². The van der Waals surface area contributed by atoms with Gasteiger partial charge in [0.1, 0.15) is 5.75 Å². The van der Waals surface area contributed by atoms with Crippen LogP contribution in [0.4, 0.5) is 13.2 Å². The standard InChI is InChI=1S/C22H24F3NO/c23-22(24,25)27-19-8-5-6-16(12-19)13-21-18(15-26-10-3-4-11-26)14-17-7-1-2-9-20(17)21/h1-2,5-9,12,18,21H,3-4,10-11,13-15H2. The molecular formula is C22H24F3NO. The Morgan fingerprint density at radius 2 is 1.78 bits per heavy atom. The molecule has 1 aliphatic carbocycles. The number of ether oxygens (including phenoxy) is 1. The van der Waals surface area contributed by atoms with Gasteiger partial charge < -0.3 is 9.64 Å². The molecule has 0 N–H and O–H groups in total. The molecular weight excluding hydrogens is 351 g/mol. The third-order valence-electron chi connectivity index (χ3n) is 5.78. The molecule has 1 saturated heterocycles. The molecule has 0 spiro atoms. The lowest BCUT2D eigenvalue weighted by molar-refractivity contribution is -0.274. The molecule has 2 nitrogen and oxygen atoms in total. The molecule has 1 fully saturated rings. The van der Waals surface area contributed by atoms with Crippen molar-refractivity contribution in [3.05, 3.63) is 65.2 Å². The lowest BCUT2D eigenvalue weighted by Gasteiger charge is -2.26. The minimum atomic E-state index is -4.66. The molecule has 4 rings (SSSR count). The van der Waals surface area contributed by atoms with Crippen LogP contribution in [0.15, 0.2) is 48.5 Å². The van der Waals surface area contributed by atoms with Crippen molar-refractivity contribution < 1.29 is 17.9 Å². The van der Waals surface area contributed by atoms with E-state index in [0.29, 0.717) is 11.8 Å². The Kier molecular flexibility index (Phi) is 5.13. The van der Waals surface area contributed by atoms with E-state index >= 15 is 0 Å². The highest BCUT2D eigenvalue weighted by Crippen LogP contribution is 2.41. The summed E-state index contributed by atoms with van der Waals surface area (Å²) in [5, 5.41) is 0. The van der Waals surface area contributed by atoms with Crippen molar-refractivity contribution in [3.63, 3.8) is 0 Å². The predicted molar refractivity (Wildman–Crippen MR) is 98.9 cm³/mol. The van der Waals surface area contributed by atoms with Crippen LogP contribution in [0.3, 0.4) is 0 Å². The van der Waals surface area contributed by atoms with E-state index in [1.54, 1.807) is 6.07 Å². The van der Waals surface area contributed by atoms with Gasteiger partial charge in [-0.2, -0.15) is 0 Å². The van der Waals surface area contributed by atoms with Crippen molar-refractivity contribution >= 4 is 0 Å². The van der Waals surface area contributed by atoms with E-state index in [1.165, 1.54) is 36.1 Å². The molecule has 2 atom stereocenters. The van der Waals surface area contributed by atoms with Gasteiger partial charge in [0.25, 0.3) is 0 Å². The summed E-state index contributed by atoms with van der Waals surface area (Å²) in [5.41, 5.74) is 3.63. The molecule has 0 radical (unpaired) electrons. The van der Waals surface area contributed by atoms with E-state index < -0.39 is 6.36 Å². The van der Waals surface area contributed by atoms with Crippen molar-refractivity contribution in [3.8, 4) is 5.75 Å². The van der Waals surface area contributed by atoms with Crippen LogP contribution in [0.2, 0.25) is 0 Å². The zero-order chi connectivity index (χ0) is 18.9. The predicted octanol–water partition coefficient (Wildman–Crippen LogP) is 5.18. The summed E-state index contributed by atoms with van der Waals surface area (Å²) in [7, 11) is 0. The number of hydrogen-bond donors (Lipinski definition) is 0. The highest BCUT2D eigenvalue weighted by molar-refractivity contribution is 5.39. The molecule has 1 heterocycles. The van der Waals surface area contributed by atoms with Crippen LogP contribution in [-0.2, 0) is 12.8 Å². The molecule has 2 unspecified atom stereocenters. The third-order valence-corrected chi connectivity index (χ3v) is 5.78. The first-order chi connectivity index (χ1) is 13.0. The Balaban J connectivity index is 1.54. The number of rotatable bonds is 5. The van der Waals surface area contributed by atoms with E-state index in [9.17, 15) is 13.2 Å². The molecule has 5 heteroatoms. The minimum absolute atomic E-state index is 0.137. The van der Waals surface area contributed by atoms with Crippen LogP contribution in [0.1, 0.15) is 35.4 Å². The van der Waals surface area contributed by atoms with E-state index in [-0.39, 0.29) is 5.75 Å². The molecule has 0 saturated carbocycles. The van der Waals surface area contributed by atoms with Crippen LogP contribution in [0.25, 0.3) is 0 Å². The monoisotopic (exact) mass is 375 g/mol. The highest BCUT2D eigenvalue weighted by atomic mass is 19.4. The van der Waals surface area contributed by atoms with Gasteiger partial charge in [-0.25, -0.2) is 0 Å². The Hall–Kier alpha value is -2.01. The average Bonchev–Trinajstić information content (AvgIpc) is 3.23. The number of nitrogens with zero attached hydrogens (tertiary/aromatic N) is 1. The molecule has 2 aliphatic rings. The summed E-state index contributed by atoms with van der Waals surface area (Å²) in [4.78, 5) is 2.53. The number of hydrogen-bond acceptors (Lipinski definition) is 2. The summed E-state index contributed by atoms with van der Waals surface area (Å²) in [6.45, 7) is 3.39. The number of halogens is 3. The molecule has 1 aliphatic heterocycles. The van der Waals surface area contributed by atoms with E-state index in [2.05, 4.69) is 33.9 Å². The van der Waals surface area contributed by atoms with Crippen LogP contribution in [-0.4, -0.2) is 30.9 Å². The van der Waals surface area contributed by atoms with Gasteiger partial charge in [-0.1, -0.05) is 36.4 Å². The second-order valence-electron chi connectivity index (χ2n) is 7.68. The topological polar surface area (TPSA) is 12.5 Å². The Morgan fingerprint density at radius 3 is 2.56 bits per heavy atom. The van der Waals surface area contributed by atoms with Gasteiger partial charge in [-0.05, 0) is 79.4 Å². The fourth-order valence-electron chi connectivity index (χ4n) is 4.65. The highest BCUT2D eigenvalue weighted by Gasteiger charge is 2.34. The Labute approximate surface area is 157 Å². The number of benzene rings is 2. The van der Waals surface area contributed by atoms with Crippen LogP contribution < -0.4 is 4.74 Å². The molecule has 2 aromatic rings. The van der Waals surface area contributed by atoms with Crippen LogP contribution >= 0.6 is 0 Å². The van der Waals surface area contributed by atoms with Gasteiger partial charge in [0, 0.05) is 6.54 Å². The van der Waals surface area contributed by atoms with Gasteiger partial charge >= 0.3 is 6.36 Å². The van der Waals surface area contributed by atoms with E-state index in [4.69, 9.17) is 0 Å². The van der Waals surface area contributed by atoms with Crippen molar-refractivity contribution in [1.29, 1.82) is 0 Å². The Bertz CT molecular complexity index is 783. The van der Waals surface area contributed by atoms with Crippen molar-refractivity contribution in [2.75, 3.05) is 19.6 Å². The van der Waals surface area contributed by atoms with E-state index in [1.807, 2.05) is 6.07 Å². The second kappa shape index (κ2) is 7.55. The fraction of sp³-hybridized carbons (Fsp3) is 0.455. The molecule has 0 aromatic heterocycles. The first-order valence-corrected chi connectivity index (χ1v) is 9.63. The lowest BCUT2D eigenvalue weighted by Crippen LogP contribution is -2.29. The molecule has 0 bridgehead atoms. The summed E-state index contributed by atoms with van der Waals surface area (Å²) >= 11 is 0. The maximum Gasteiger partial charge on any atom is 0.573 e. The molecule has 2 aromatic carbocycles. The Morgan fingerprint density at radius 1 is 1.00 bits per heavy atom. The fourth-order valence-corrected chi connectivity index (χ4v) is 4.65. The summed E-state index contributed by atoms with van der Waals surface area (Å²) in [6.07, 6.45) is -0.333. The van der Waals surface area contributed by atoms with E-state index in [0.717, 1.165) is 38.0 Å². The zero-order valence-corrected chi connectivity index (χ0v) is 15.2. The SMILES string of the molecule is FC(F)(F)Oc1cccc(CC2c3ccccc3CC2CN2CCCC2)c1. The van der Waals surface area contributed by atoms with Gasteiger partial charge in [-0.15, -0.1) is 13.2 Å². The van der Waals surface area contributed by atoms with Crippen molar-refractivity contribution in [2.24, 2.45) is 5.92 Å². The lowest BCUT2D eigenvalue weighted by atomic mass is 9.86. The quantitative estimate of drug-likeness (QED) is 0.714. The number of likely N-dealkylation sites (tertiary alicyclic amines) is 1. The van der Waals surface area contributed by atoms with Gasteiger partial charge in [0.15, 0.2) is 0 Å². The minimum Gasteiger partial charge on any atom is -0.406 e. The number of fused-ring (bicyclic) bond motifs is 1. The smallest absolute Gasteiger partial charge is 0.406 e. The summed E-state index contributed by atoms with van der Waals surface area (Å²) in [6, 6.07) is 14.9. The first kappa shape index (κ1) is 18.4. The maximum atomic E-state index is 12.5. The van der Waals surface area contributed by atoms with Gasteiger partial charge in [0.2, 0.25) is 0 Å². The first-order valence-electron chi connectivity index (χ1n) is 9.63. The average molecular weight is 375 g/mol. The van der Waals surface area contributed by atoms with Crippen molar-refractivity contribution in [2.45, 2.75) is 38.0 Å². The number of alkyl halides is 3. The van der Waals surface area contributed by atoms with Crippen LogP contribution in [0.5, 0.6) is 5.75 Å². The third kappa shape index (κ3) is 4.46. The summed E-state index contributed by atoms with van der Waals surface area (Å²) in [5.74, 6) is 0.706. The normalized spacial score (nSPS) is 22.8. The summed E-state index contributed by atoms with van der Waals surface area (Å²) < 4.78 is 41.7. The zero-order valence-electron chi connectivity index (χ0n) is 15.2. The maximum absolute atomic E-state index is 12.5. The molecule has 27 heavy (non-hydrogen) atoms. The second-order valence-corrected chi connectivity index (χ2v) is 7.68. The largest absolute Gasteiger partial charge is 0.573 e. The van der Waals surface area contributed by atoms with Crippen molar-refractivity contribution in [1.82, 2.24) is 4.90 Å².